The number of benzene rings is 1. The molecular formula is C13H19N3O3. The van der Waals surface area contributed by atoms with Crippen molar-refractivity contribution in [1.82, 2.24) is 4.90 Å². The molecule has 1 aliphatic heterocycles. The van der Waals surface area contributed by atoms with Gasteiger partial charge in [0.25, 0.3) is 5.69 Å². The third-order valence-corrected chi connectivity index (χ3v) is 3.65. The number of aliphatic hydroxyl groups excluding tert-OH is 1. The topological polar surface area (TPSA) is 69.8 Å². The summed E-state index contributed by atoms with van der Waals surface area (Å²) in [4.78, 5) is 15.0. The Morgan fingerprint density at radius 3 is 2.79 bits per heavy atom. The van der Waals surface area contributed by atoms with Crippen molar-refractivity contribution in [2.45, 2.75) is 19.1 Å². The van der Waals surface area contributed by atoms with Gasteiger partial charge in [0.05, 0.1) is 11.5 Å². The number of likely N-dealkylation sites (N-methyl/N-ethyl adjacent to an activating group) is 1. The first kappa shape index (κ1) is 13.8. The van der Waals surface area contributed by atoms with E-state index in [1.165, 1.54) is 6.07 Å². The molecule has 1 atom stereocenters. The summed E-state index contributed by atoms with van der Waals surface area (Å²) in [5.74, 6) is 0. The van der Waals surface area contributed by atoms with E-state index in [9.17, 15) is 10.1 Å². The highest BCUT2D eigenvalue weighted by atomic mass is 16.6. The molecule has 0 bridgehead atoms. The van der Waals surface area contributed by atoms with Crippen LogP contribution in [0.1, 0.15) is 12.0 Å². The Bertz CT molecular complexity index is 476. The van der Waals surface area contributed by atoms with Crippen LogP contribution in [0, 0.1) is 10.1 Å². The summed E-state index contributed by atoms with van der Waals surface area (Å²) in [7, 11) is 4.05. The Balaban J connectivity index is 2.27. The van der Waals surface area contributed by atoms with Crippen molar-refractivity contribution in [3.63, 3.8) is 0 Å². The van der Waals surface area contributed by atoms with Crippen molar-refractivity contribution in [1.29, 1.82) is 0 Å². The number of nitro benzene ring substituents is 1. The zero-order chi connectivity index (χ0) is 14.0. The number of hydrogen-bond donors (Lipinski definition) is 1. The Morgan fingerprint density at radius 1 is 1.53 bits per heavy atom. The van der Waals surface area contributed by atoms with Crippen molar-refractivity contribution < 1.29 is 10.0 Å². The highest BCUT2D eigenvalue weighted by Crippen LogP contribution is 2.32. The Labute approximate surface area is 112 Å². The lowest BCUT2D eigenvalue weighted by Crippen LogP contribution is -2.31. The molecule has 0 aliphatic carbocycles. The predicted octanol–water partition coefficient (Wildman–Crippen LogP) is 1.23. The van der Waals surface area contributed by atoms with E-state index >= 15 is 0 Å². The van der Waals surface area contributed by atoms with Crippen LogP contribution in [-0.2, 0) is 6.61 Å². The van der Waals surface area contributed by atoms with Gasteiger partial charge >= 0.3 is 0 Å². The lowest BCUT2D eigenvalue weighted by atomic mass is 10.1. The van der Waals surface area contributed by atoms with E-state index in [1.807, 2.05) is 19.0 Å². The van der Waals surface area contributed by atoms with Crippen LogP contribution in [0.2, 0.25) is 0 Å². The first-order valence-corrected chi connectivity index (χ1v) is 6.32. The Hall–Kier alpha value is -1.66. The summed E-state index contributed by atoms with van der Waals surface area (Å²) in [5.41, 5.74) is 1.29. The minimum atomic E-state index is -0.377. The van der Waals surface area contributed by atoms with E-state index < -0.39 is 0 Å². The van der Waals surface area contributed by atoms with Gasteiger partial charge in [-0.15, -0.1) is 0 Å². The number of aliphatic hydroxyl groups is 1. The van der Waals surface area contributed by atoms with Crippen LogP contribution in [0.5, 0.6) is 0 Å². The largest absolute Gasteiger partial charge is 0.392 e. The van der Waals surface area contributed by atoms with Crippen LogP contribution in [0.15, 0.2) is 18.2 Å². The molecule has 0 amide bonds. The van der Waals surface area contributed by atoms with Crippen molar-refractivity contribution in [3.05, 3.63) is 33.9 Å². The molecule has 1 fully saturated rings. The van der Waals surface area contributed by atoms with Crippen LogP contribution in [0.3, 0.4) is 0 Å². The molecule has 0 saturated carbocycles. The molecule has 0 aromatic heterocycles. The second-order valence-corrected chi connectivity index (χ2v) is 5.09. The van der Waals surface area contributed by atoms with E-state index in [0.717, 1.165) is 19.5 Å². The number of rotatable bonds is 4. The van der Waals surface area contributed by atoms with Gasteiger partial charge in [-0.05, 0) is 32.1 Å². The van der Waals surface area contributed by atoms with Crippen molar-refractivity contribution >= 4 is 11.4 Å². The fraction of sp³-hybridized carbons (Fsp3) is 0.538. The Morgan fingerprint density at radius 2 is 2.26 bits per heavy atom. The summed E-state index contributed by atoms with van der Waals surface area (Å²) >= 11 is 0. The molecule has 1 aromatic carbocycles. The monoisotopic (exact) mass is 265 g/mol. The first-order valence-electron chi connectivity index (χ1n) is 6.32. The summed E-state index contributed by atoms with van der Waals surface area (Å²) in [6.45, 7) is 1.44. The van der Waals surface area contributed by atoms with Crippen LogP contribution >= 0.6 is 0 Å². The first-order chi connectivity index (χ1) is 9.02. The van der Waals surface area contributed by atoms with Gasteiger partial charge in [0.15, 0.2) is 0 Å². The zero-order valence-electron chi connectivity index (χ0n) is 11.2. The minimum absolute atomic E-state index is 0.0750. The van der Waals surface area contributed by atoms with Crippen LogP contribution in [0.4, 0.5) is 11.4 Å². The number of anilines is 1. The van der Waals surface area contributed by atoms with Crippen LogP contribution in [0.25, 0.3) is 0 Å². The number of hydrogen-bond acceptors (Lipinski definition) is 5. The highest BCUT2D eigenvalue weighted by Gasteiger charge is 2.28. The van der Waals surface area contributed by atoms with Gasteiger partial charge in [0.2, 0.25) is 0 Å². The molecule has 1 N–H and O–H groups in total. The van der Waals surface area contributed by atoms with Crippen molar-refractivity contribution in [2.75, 3.05) is 32.1 Å². The number of nitro groups is 1. The molecule has 0 radical (unpaired) electrons. The third-order valence-electron chi connectivity index (χ3n) is 3.65. The third kappa shape index (κ3) is 2.85. The van der Waals surface area contributed by atoms with E-state index in [4.69, 9.17) is 5.11 Å². The maximum absolute atomic E-state index is 11.1. The quantitative estimate of drug-likeness (QED) is 0.655. The zero-order valence-corrected chi connectivity index (χ0v) is 11.2. The van der Waals surface area contributed by atoms with E-state index in [-0.39, 0.29) is 17.2 Å². The van der Waals surface area contributed by atoms with Gasteiger partial charge in [-0.25, -0.2) is 0 Å². The molecule has 2 rings (SSSR count). The molecule has 104 valence electrons. The normalized spacial score (nSPS) is 19.2. The molecule has 19 heavy (non-hydrogen) atoms. The minimum Gasteiger partial charge on any atom is -0.392 e. The summed E-state index contributed by atoms with van der Waals surface area (Å²) in [6, 6.07) is 5.36. The average Bonchev–Trinajstić information content (AvgIpc) is 2.87. The van der Waals surface area contributed by atoms with Gasteiger partial charge in [-0.1, -0.05) is 6.07 Å². The second-order valence-electron chi connectivity index (χ2n) is 5.09. The molecule has 1 unspecified atom stereocenters. The highest BCUT2D eigenvalue weighted by molar-refractivity contribution is 5.65. The predicted molar refractivity (Wildman–Crippen MR) is 73.3 cm³/mol. The van der Waals surface area contributed by atoms with Gasteiger partial charge in [0, 0.05) is 25.2 Å². The molecule has 6 heteroatoms. The van der Waals surface area contributed by atoms with Gasteiger partial charge in [0.1, 0.15) is 5.69 Å². The molecule has 1 heterocycles. The lowest BCUT2D eigenvalue weighted by Gasteiger charge is -2.21. The molecule has 1 aliphatic rings. The average molecular weight is 265 g/mol. The van der Waals surface area contributed by atoms with E-state index in [2.05, 4.69) is 4.90 Å². The van der Waals surface area contributed by atoms with Gasteiger partial charge in [-0.2, -0.15) is 0 Å². The van der Waals surface area contributed by atoms with Crippen LogP contribution in [-0.4, -0.2) is 48.2 Å². The standard InChI is InChI=1S/C13H19N3O3/c1-14(2)11-5-6-15(8-11)12-4-3-10(9-17)7-13(12)16(18)19/h3-4,7,11,17H,5-6,8-9H2,1-2H3. The fourth-order valence-corrected chi connectivity index (χ4v) is 2.46. The molecule has 1 saturated heterocycles. The van der Waals surface area contributed by atoms with E-state index in [1.54, 1.807) is 12.1 Å². The maximum atomic E-state index is 11.1. The van der Waals surface area contributed by atoms with Crippen molar-refractivity contribution in [3.8, 4) is 0 Å². The Kier molecular flexibility index (Phi) is 4.01. The van der Waals surface area contributed by atoms with Crippen molar-refractivity contribution in [2.24, 2.45) is 0 Å². The van der Waals surface area contributed by atoms with Gasteiger partial charge < -0.3 is 14.9 Å². The molecule has 0 spiro atoms. The smallest absolute Gasteiger partial charge is 0.292 e. The maximum Gasteiger partial charge on any atom is 0.292 e. The lowest BCUT2D eigenvalue weighted by molar-refractivity contribution is -0.384. The molecule has 1 aromatic rings. The fourth-order valence-electron chi connectivity index (χ4n) is 2.46. The van der Waals surface area contributed by atoms with Gasteiger partial charge in [-0.3, -0.25) is 10.1 Å². The SMILES string of the molecule is CN(C)C1CCN(c2ccc(CO)cc2[N+](=O)[O-])C1. The van der Waals surface area contributed by atoms with E-state index in [0.29, 0.717) is 17.3 Å². The van der Waals surface area contributed by atoms with Crippen LogP contribution < -0.4 is 4.90 Å². The number of nitrogens with zero attached hydrogens (tertiary/aromatic N) is 3. The summed E-state index contributed by atoms with van der Waals surface area (Å²) < 4.78 is 0. The summed E-state index contributed by atoms with van der Waals surface area (Å²) in [5, 5.41) is 20.2. The second kappa shape index (κ2) is 5.54. The molecular weight excluding hydrogens is 246 g/mol. The molecule has 6 nitrogen and oxygen atoms in total. The summed E-state index contributed by atoms with van der Waals surface area (Å²) in [6.07, 6.45) is 1.01.